The highest BCUT2D eigenvalue weighted by Gasteiger charge is 2.30. The van der Waals surface area contributed by atoms with Gasteiger partial charge in [-0.15, -0.1) is 0 Å². The van der Waals surface area contributed by atoms with Crippen LogP contribution in [0.5, 0.6) is 11.6 Å². The maximum absolute atomic E-state index is 12.7. The Balaban J connectivity index is 1.89. The van der Waals surface area contributed by atoms with Gasteiger partial charge in [0, 0.05) is 23.7 Å². The predicted molar refractivity (Wildman–Crippen MR) is 102 cm³/mol. The van der Waals surface area contributed by atoms with Crippen LogP contribution < -0.4 is 10.5 Å². The van der Waals surface area contributed by atoms with E-state index in [2.05, 4.69) is 5.10 Å². The number of hydrogen-bond donors (Lipinski definition) is 1. The summed E-state index contributed by atoms with van der Waals surface area (Å²) in [5.74, 6) is 0.765. The molecule has 0 amide bonds. The number of ether oxygens (including phenoxy) is 1. The van der Waals surface area contributed by atoms with Crippen molar-refractivity contribution in [3.63, 3.8) is 0 Å². The minimum absolute atomic E-state index is 0.311. The smallest absolute Gasteiger partial charge is 0.416 e. The van der Waals surface area contributed by atoms with Gasteiger partial charge in [0.1, 0.15) is 5.75 Å². The topological polar surface area (TPSA) is 53.1 Å². The van der Waals surface area contributed by atoms with E-state index in [1.807, 2.05) is 45.0 Å². The molecule has 0 bridgehead atoms. The lowest BCUT2D eigenvalue weighted by Crippen LogP contribution is -2.28. The number of nitrogens with two attached hydrogens (primary N) is 1. The molecule has 7 heteroatoms. The minimum Gasteiger partial charge on any atom is -0.439 e. The first-order chi connectivity index (χ1) is 13.1. The number of alkyl halides is 3. The lowest BCUT2D eigenvalue weighted by molar-refractivity contribution is -0.137. The monoisotopic (exact) mass is 389 g/mol. The Bertz CT molecular complexity index is 954. The standard InChI is InChI=1S/C21H22F3N3O/c1-4-27-19(28-17-10-8-15(9-11-17)21(22,23)24)13-18(26-27)14-6-5-7-16(12-14)20(2,3)25/h5-13H,4,25H2,1-3H3. The van der Waals surface area contributed by atoms with Gasteiger partial charge in [0.15, 0.2) is 0 Å². The van der Waals surface area contributed by atoms with E-state index in [0.29, 0.717) is 23.9 Å². The number of rotatable bonds is 5. The molecule has 3 aromatic rings. The minimum atomic E-state index is -4.38. The number of benzene rings is 2. The molecule has 0 aliphatic carbocycles. The van der Waals surface area contributed by atoms with Crippen LogP contribution in [0, 0.1) is 0 Å². The second kappa shape index (κ2) is 7.31. The van der Waals surface area contributed by atoms with E-state index >= 15 is 0 Å². The zero-order valence-electron chi connectivity index (χ0n) is 15.9. The van der Waals surface area contributed by atoms with Gasteiger partial charge in [-0.1, -0.05) is 18.2 Å². The van der Waals surface area contributed by atoms with E-state index in [0.717, 1.165) is 23.3 Å². The van der Waals surface area contributed by atoms with E-state index in [1.54, 1.807) is 10.7 Å². The quantitative estimate of drug-likeness (QED) is 0.620. The summed E-state index contributed by atoms with van der Waals surface area (Å²) in [6.07, 6.45) is -4.38. The Morgan fingerprint density at radius 2 is 1.68 bits per heavy atom. The van der Waals surface area contributed by atoms with E-state index in [4.69, 9.17) is 10.5 Å². The molecular weight excluding hydrogens is 367 g/mol. The number of aromatic nitrogens is 2. The molecule has 3 rings (SSSR count). The van der Waals surface area contributed by atoms with Crippen molar-refractivity contribution in [3.8, 4) is 22.9 Å². The Hall–Kier alpha value is -2.80. The van der Waals surface area contributed by atoms with Gasteiger partial charge in [-0.3, -0.25) is 0 Å². The number of hydrogen-bond acceptors (Lipinski definition) is 3. The predicted octanol–water partition coefficient (Wildman–Crippen LogP) is 5.57. The summed E-state index contributed by atoms with van der Waals surface area (Å²) >= 11 is 0. The molecule has 0 unspecified atom stereocenters. The average molecular weight is 389 g/mol. The van der Waals surface area contributed by atoms with E-state index in [-0.39, 0.29) is 0 Å². The molecule has 0 radical (unpaired) electrons. The van der Waals surface area contributed by atoms with Gasteiger partial charge in [-0.25, -0.2) is 4.68 Å². The van der Waals surface area contributed by atoms with Crippen molar-refractivity contribution in [3.05, 3.63) is 65.7 Å². The summed E-state index contributed by atoms with van der Waals surface area (Å²) < 4.78 is 45.6. The molecule has 0 fully saturated rings. The molecule has 0 spiro atoms. The summed E-state index contributed by atoms with van der Waals surface area (Å²) in [4.78, 5) is 0. The van der Waals surface area contributed by atoms with E-state index in [9.17, 15) is 13.2 Å². The molecular formula is C21H22F3N3O. The third kappa shape index (κ3) is 4.36. The van der Waals surface area contributed by atoms with Gasteiger partial charge in [0.25, 0.3) is 0 Å². The molecule has 1 heterocycles. The summed E-state index contributed by atoms with van der Waals surface area (Å²) in [5.41, 5.74) is 7.55. The fraction of sp³-hybridized carbons (Fsp3) is 0.286. The third-order valence-electron chi connectivity index (χ3n) is 4.35. The molecule has 0 saturated heterocycles. The largest absolute Gasteiger partial charge is 0.439 e. The first-order valence-corrected chi connectivity index (χ1v) is 8.90. The van der Waals surface area contributed by atoms with Crippen LogP contribution in [0.4, 0.5) is 13.2 Å². The SMILES string of the molecule is CCn1nc(-c2cccc(C(C)(C)N)c2)cc1Oc1ccc(C(F)(F)F)cc1. The van der Waals surface area contributed by atoms with Crippen molar-refractivity contribution < 1.29 is 17.9 Å². The number of aryl methyl sites for hydroxylation is 1. The summed E-state index contributed by atoms with van der Waals surface area (Å²) in [6, 6.07) is 14.1. The molecule has 148 valence electrons. The van der Waals surface area contributed by atoms with Crippen molar-refractivity contribution in [2.75, 3.05) is 0 Å². The van der Waals surface area contributed by atoms with Crippen LogP contribution in [0.15, 0.2) is 54.6 Å². The van der Waals surface area contributed by atoms with Crippen molar-refractivity contribution in [2.45, 2.75) is 39.0 Å². The van der Waals surface area contributed by atoms with Gasteiger partial charge in [-0.05, 0) is 56.7 Å². The van der Waals surface area contributed by atoms with E-state index < -0.39 is 17.3 Å². The average Bonchev–Trinajstić information content (AvgIpc) is 3.04. The summed E-state index contributed by atoms with van der Waals surface area (Å²) in [6.45, 7) is 6.32. The van der Waals surface area contributed by atoms with Crippen LogP contribution >= 0.6 is 0 Å². The van der Waals surface area contributed by atoms with E-state index in [1.165, 1.54) is 12.1 Å². The maximum atomic E-state index is 12.7. The lowest BCUT2D eigenvalue weighted by Gasteiger charge is -2.19. The van der Waals surface area contributed by atoms with Crippen LogP contribution in [-0.2, 0) is 18.3 Å². The van der Waals surface area contributed by atoms with Gasteiger partial charge < -0.3 is 10.5 Å². The Labute approximate surface area is 161 Å². The molecule has 2 N–H and O–H groups in total. The van der Waals surface area contributed by atoms with Crippen molar-refractivity contribution in [1.29, 1.82) is 0 Å². The third-order valence-corrected chi connectivity index (χ3v) is 4.35. The Morgan fingerprint density at radius 1 is 1.00 bits per heavy atom. The molecule has 0 atom stereocenters. The second-order valence-corrected chi connectivity index (χ2v) is 7.11. The molecule has 1 aromatic heterocycles. The Morgan fingerprint density at radius 3 is 2.25 bits per heavy atom. The van der Waals surface area contributed by atoms with Gasteiger partial charge >= 0.3 is 6.18 Å². The highest BCUT2D eigenvalue weighted by Crippen LogP contribution is 2.33. The molecule has 0 aliphatic heterocycles. The summed E-state index contributed by atoms with van der Waals surface area (Å²) in [7, 11) is 0. The lowest BCUT2D eigenvalue weighted by atomic mass is 9.93. The first kappa shape index (κ1) is 19.9. The highest BCUT2D eigenvalue weighted by atomic mass is 19.4. The van der Waals surface area contributed by atoms with Crippen LogP contribution in [0.25, 0.3) is 11.3 Å². The van der Waals surface area contributed by atoms with Crippen LogP contribution in [-0.4, -0.2) is 9.78 Å². The van der Waals surface area contributed by atoms with Gasteiger partial charge in [-0.2, -0.15) is 18.3 Å². The fourth-order valence-electron chi connectivity index (χ4n) is 2.76. The molecule has 0 saturated carbocycles. The van der Waals surface area contributed by atoms with Gasteiger partial charge in [0.2, 0.25) is 5.88 Å². The summed E-state index contributed by atoms with van der Waals surface area (Å²) in [5, 5.41) is 4.55. The zero-order valence-corrected chi connectivity index (χ0v) is 15.9. The second-order valence-electron chi connectivity index (χ2n) is 7.11. The zero-order chi connectivity index (χ0) is 20.5. The number of halogens is 3. The van der Waals surface area contributed by atoms with Crippen LogP contribution in [0.3, 0.4) is 0 Å². The Kier molecular flexibility index (Phi) is 5.21. The molecule has 28 heavy (non-hydrogen) atoms. The normalized spacial score (nSPS) is 12.2. The van der Waals surface area contributed by atoms with Crippen LogP contribution in [0.2, 0.25) is 0 Å². The highest BCUT2D eigenvalue weighted by molar-refractivity contribution is 5.62. The molecule has 2 aromatic carbocycles. The first-order valence-electron chi connectivity index (χ1n) is 8.90. The molecule has 0 aliphatic rings. The van der Waals surface area contributed by atoms with Crippen molar-refractivity contribution in [1.82, 2.24) is 9.78 Å². The van der Waals surface area contributed by atoms with Crippen LogP contribution in [0.1, 0.15) is 31.9 Å². The van der Waals surface area contributed by atoms with Gasteiger partial charge in [0.05, 0.1) is 11.3 Å². The molecule has 4 nitrogen and oxygen atoms in total. The van der Waals surface area contributed by atoms with Crippen molar-refractivity contribution in [2.24, 2.45) is 5.73 Å². The number of nitrogens with zero attached hydrogens (tertiary/aromatic N) is 2. The fourth-order valence-corrected chi connectivity index (χ4v) is 2.76. The maximum Gasteiger partial charge on any atom is 0.416 e. The van der Waals surface area contributed by atoms with Crippen molar-refractivity contribution >= 4 is 0 Å².